The first-order valence-corrected chi connectivity index (χ1v) is 9.92. The van der Waals surface area contributed by atoms with Gasteiger partial charge in [0.15, 0.2) is 5.43 Å². The Labute approximate surface area is 171 Å². The maximum absolute atomic E-state index is 12.2. The summed E-state index contributed by atoms with van der Waals surface area (Å²) >= 11 is 3.56. The number of rotatable bonds is 8. The van der Waals surface area contributed by atoms with Crippen LogP contribution < -0.4 is 5.43 Å². The normalized spacial score (nSPS) is 11.1. The summed E-state index contributed by atoms with van der Waals surface area (Å²) in [5.41, 5.74) is 1.87. The van der Waals surface area contributed by atoms with E-state index in [2.05, 4.69) is 25.8 Å². The second-order valence-corrected chi connectivity index (χ2v) is 7.25. The number of para-hydroxylation sites is 1. The molecule has 2 heterocycles. The number of esters is 1. The van der Waals surface area contributed by atoms with E-state index < -0.39 is 0 Å². The summed E-state index contributed by atoms with van der Waals surface area (Å²) in [5, 5.41) is 0.656. The van der Waals surface area contributed by atoms with Gasteiger partial charge in [-0.2, -0.15) is 0 Å². The predicted octanol–water partition coefficient (Wildman–Crippen LogP) is 3.57. The minimum atomic E-state index is -0.218. The van der Waals surface area contributed by atoms with E-state index in [1.807, 2.05) is 41.1 Å². The molecule has 0 spiro atoms. The molecule has 0 fully saturated rings. The highest BCUT2D eigenvalue weighted by Gasteiger charge is 2.13. The van der Waals surface area contributed by atoms with Crippen molar-refractivity contribution in [3.8, 4) is 0 Å². The summed E-state index contributed by atoms with van der Waals surface area (Å²) in [5.74, 6) is -0.218. The van der Waals surface area contributed by atoms with E-state index in [0.717, 1.165) is 15.6 Å². The number of carbonyl (C=O) groups excluding carboxylic acids is 1. The molecule has 0 amide bonds. The summed E-state index contributed by atoms with van der Waals surface area (Å²) < 4.78 is 7.94. The lowest BCUT2D eigenvalue weighted by Gasteiger charge is -2.24. The van der Waals surface area contributed by atoms with Crippen molar-refractivity contribution in [1.82, 2.24) is 14.5 Å². The molecule has 0 saturated carbocycles. The van der Waals surface area contributed by atoms with Gasteiger partial charge in [-0.05, 0) is 46.6 Å². The maximum Gasteiger partial charge on any atom is 0.307 e. The van der Waals surface area contributed by atoms with Crippen molar-refractivity contribution in [2.24, 2.45) is 0 Å². The van der Waals surface area contributed by atoms with Crippen LogP contribution in [0.1, 0.15) is 18.9 Å². The molecule has 0 atom stereocenters. The molecule has 1 aromatic carbocycles. The van der Waals surface area contributed by atoms with Crippen LogP contribution in [0, 0.1) is 0 Å². The molecule has 28 heavy (non-hydrogen) atoms. The van der Waals surface area contributed by atoms with E-state index in [9.17, 15) is 9.59 Å². The standard InChI is InChI=1S/C21H22BrN3O3/c1-2-28-20(27)9-11-24(14-16-5-4-10-23-13-16)15-25-12-8-19(26)17-6-3-7-18(22)21(17)25/h3-8,10,12-13H,2,9,11,14-15H2,1H3. The maximum atomic E-state index is 12.2. The molecule has 0 N–H and O–H groups in total. The molecule has 0 bridgehead atoms. The Morgan fingerprint density at radius 2 is 2.11 bits per heavy atom. The fourth-order valence-corrected chi connectivity index (χ4v) is 3.69. The van der Waals surface area contributed by atoms with Gasteiger partial charge < -0.3 is 9.30 Å². The van der Waals surface area contributed by atoms with Gasteiger partial charge >= 0.3 is 5.97 Å². The lowest BCUT2D eigenvalue weighted by atomic mass is 10.2. The van der Waals surface area contributed by atoms with Crippen LogP contribution in [-0.2, 0) is 22.7 Å². The molecule has 0 radical (unpaired) electrons. The first kappa shape index (κ1) is 20.2. The van der Waals surface area contributed by atoms with Crippen LogP contribution in [-0.4, -0.2) is 33.6 Å². The number of aromatic nitrogens is 2. The molecule has 0 saturated heterocycles. The zero-order valence-electron chi connectivity index (χ0n) is 15.7. The highest BCUT2D eigenvalue weighted by molar-refractivity contribution is 9.10. The van der Waals surface area contributed by atoms with E-state index >= 15 is 0 Å². The van der Waals surface area contributed by atoms with E-state index in [-0.39, 0.29) is 11.4 Å². The van der Waals surface area contributed by atoms with Crippen molar-refractivity contribution in [2.45, 2.75) is 26.6 Å². The van der Waals surface area contributed by atoms with Gasteiger partial charge in [0.2, 0.25) is 0 Å². The van der Waals surface area contributed by atoms with Crippen molar-refractivity contribution in [1.29, 1.82) is 0 Å². The molecule has 3 rings (SSSR count). The molecule has 0 aliphatic carbocycles. The number of carbonyl (C=O) groups is 1. The topological polar surface area (TPSA) is 64.4 Å². The van der Waals surface area contributed by atoms with Crippen LogP contribution in [0.2, 0.25) is 0 Å². The summed E-state index contributed by atoms with van der Waals surface area (Å²) in [4.78, 5) is 30.4. The highest BCUT2D eigenvalue weighted by Crippen LogP contribution is 2.22. The lowest BCUT2D eigenvalue weighted by molar-refractivity contribution is -0.143. The summed E-state index contributed by atoms with van der Waals surface area (Å²) in [6.07, 6.45) is 5.64. The largest absolute Gasteiger partial charge is 0.466 e. The van der Waals surface area contributed by atoms with Gasteiger partial charge in [-0.25, -0.2) is 0 Å². The molecule has 7 heteroatoms. The Morgan fingerprint density at radius 3 is 2.86 bits per heavy atom. The monoisotopic (exact) mass is 443 g/mol. The van der Waals surface area contributed by atoms with Crippen molar-refractivity contribution < 1.29 is 9.53 Å². The Bertz CT molecular complexity index is 1000. The fraction of sp³-hybridized carbons (Fsp3) is 0.286. The molecule has 3 aromatic rings. The zero-order chi connectivity index (χ0) is 19.9. The molecule has 0 unspecified atom stereocenters. The van der Waals surface area contributed by atoms with E-state index in [0.29, 0.717) is 38.2 Å². The van der Waals surface area contributed by atoms with E-state index in [4.69, 9.17) is 4.74 Å². The average Bonchev–Trinajstić information content (AvgIpc) is 2.69. The minimum Gasteiger partial charge on any atom is -0.466 e. The molecular weight excluding hydrogens is 422 g/mol. The highest BCUT2D eigenvalue weighted by atomic mass is 79.9. The Kier molecular flexibility index (Phi) is 6.95. The SMILES string of the molecule is CCOC(=O)CCN(Cc1cccnc1)Cn1ccc(=O)c2cccc(Br)c21. The van der Waals surface area contributed by atoms with Crippen LogP contribution >= 0.6 is 15.9 Å². The van der Waals surface area contributed by atoms with E-state index in [1.165, 1.54) is 0 Å². The van der Waals surface area contributed by atoms with Crippen molar-refractivity contribution in [3.63, 3.8) is 0 Å². The quantitative estimate of drug-likeness (QED) is 0.497. The van der Waals surface area contributed by atoms with Crippen molar-refractivity contribution in [3.05, 3.63) is 75.2 Å². The third-order valence-electron chi connectivity index (χ3n) is 4.36. The van der Waals surface area contributed by atoms with Gasteiger partial charge in [-0.1, -0.05) is 12.1 Å². The predicted molar refractivity (Wildman–Crippen MR) is 112 cm³/mol. The van der Waals surface area contributed by atoms with Crippen LogP contribution in [0.5, 0.6) is 0 Å². The third kappa shape index (κ3) is 5.05. The second kappa shape index (κ2) is 9.61. The number of halogens is 1. The summed E-state index contributed by atoms with van der Waals surface area (Å²) in [6.45, 7) is 3.86. The third-order valence-corrected chi connectivity index (χ3v) is 5.00. The van der Waals surface area contributed by atoms with E-state index in [1.54, 1.807) is 25.4 Å². The number of hydrogen-bond acceptors (Lipinski definition) is 5. The fourth-order valence-electron chi connectivity index (χ4n) is 3.09. The number of pyridine rings is 2. The van der Waals surface area contributed by atoms with Crippen LogP contribution in [0.4, 0.5) is 0 Å². The Hall–Kier alpha value is -2.51. The van der Waals surface area contributed by atoms with Gasteiger partial charge in [0, 0.05) is 47.6 Å². The molecule has 2 aromatic heterocycles. The Morgan fingerprint density at radius 1 is 1.25 bits per heavy atom. The van der Waals surface area contributed by atoms with Crippen molar-refractivity contribution >= 4 is 32.8 Å². The van der Waals surface area contributed by atoms with Crippen LogP contribution in [0.15, 0.2) is 64.3 Å². The zero-order valence-corrected chi connectivity index (χ0v) is 17.3. The summed E-state index contributed by atoms with van der Waals surface area (Å²) in [7, 11) is 0. The summed E-state index contributed by atoms with van der Waals surface area (Å²) in [6, 6.07) is 11.1. The Balaban J connectivity index is 1.88. The molecule has 6 nitrogen and oxygen atoms in total. The number of ether oxygens (including phenoxy) is 1. The average molecular weight is 444 g/mol. The molecule has 146 valence electrons. The van der Waals surface area contributed by atoms with Gasteiger partial charge in [0.05, 0.1) is 25.2 Å². The van der Waals surface area contributed by atoms with Crippen LogP contribution in [0.25, 0.3) is 10.9 Å². The number of benzene rings is 1. The van der Waals surface area contributed by atoms with Gasteiger partial charge in [-0.15, -0.1) is 0 Å². The number of nitrogens with zero attached hydrogens (tertiary/aromatic N) is 3. The number of hydrogen-bond donors (Lipinski definition) is 0. The number of fused-ring (bicyclic) bond motifs is 1. The van der Waals surface area contributed by atoms with Gasteiger partial charge in [0.25, 0.3) is 0 Å². The van der Waals surface area contributed by atoms with Gasteiger partial charge in [-0.3, -0.25) is 19.5 Å². The lowest BCUT2D eigenvalue weighted by Crippen LogP contribution is -2.29. The first-order chi connectivity index (χ1) is 13.6. The molecule has 0 aliphatic heterocycles. The van der Waals surface area contributed by atoms with Crippen molar-refractivity contribution in [2.75, 3.05) is 13.2 Å². The minimum absolute atomic E-state index is 0.0158. The van der Waals surface area contributed by atoms with Gasteiger partial charge in [0.1, 0.15) is 0 Å². The molecule has 0 aliphatic rings. The second-order valence-electron chi connectivity index (χ2n) is 6.40. The van der Waals surface area contributed by atoms with Crippen LogP contribution in [0.3, 0.4) is 0 Å². The first-order valence-electron chi connectivity index (χ1n) is 9.13. The smallest absolute Gasteiger partial charge is 0.307 e. The molecular formula is C21H22BrN3O3.